The third-order valence-electron chi connectivity index (χ3n) is 5.45. The van der Waals surface area contributed by atoms with Gasteiger partial charge in [-0.05, 0) is 30.0 Å². The highest BCUT2D eigenvalue weighted by Crippen LogP contribution is 2.22. The van der Waals surface area contributed by atoms with Crippen molar-refractivity contribution in [3.05, 3.63) is 88.6 Å². The fourth-order valence-corrected chi connectivity index (χ4v) is 3.71. The average Bonchev–Trinajstić information content (AvgIpc) is 2.80. The molecule has 0 bridgehead atoms. The van der Waals surface area contributed by atoms with Gasteiger partial charge >= 0.3 is 0 Å². The van der Waals surface area contributed by atoms with E-state index in [2.05, 4.69) is 20.3 Å². The molecule has 3 heterocycles. The summed E-state index contributed by atoms with van der Waals surface area (Å²) in [5, 5.41) is 7.34. The van der Waals surface area contributed by atoms with E-state index in [0.29, 0.717) is 13.1 Å². The van der Waals surface area contributed by atoms with Crippen LogP contribution in [0.3, 0.4) is 0 Å². The molecule has 0 radical (unpaired) electrons. The molecule has 0 saturated carbocycles. The van der Waals surface area contributed by atoms with Gasteiger partial charge in [0.05, 0.1) is 18.4 Å². The zero-order valence-electron chi connectivity index (χ0n) is 16.8. The van der Waals surface area contributed by atoms with Crippen LogP contribution in [0.4, 0.5) is 5.69 Å². The van der Waals surface area contributed by atoms with Crippen LogP contribution in [0.5, 0.6) is 0 Å². The number of hydrogen-bond donors (Lipinski definition) is 1. The Morgan fingerprint density at radius 1 is 1.03 bits per heavy atom. The summed E-state index contributed by atoms with van der Waals surface area (Å²) in [5.74, 6) is 0.0687. The minimum absolute atomic E-state index is 0.00988. The number of amides is 1. The second-order valence-electron chi connectivity index (χ2n) is 7.54. The fraction of sp³-hybridized carbons (Fsp3) is 0.304. The highest BCUT2D eigenvalue weighted by molar-refractivity contribution is 5.79. The smallest absolute Gasteiger partial charge is 0.269 e. The van der Waals surface area contributed by atoms with Gasteiger partial charge in [-0.3, -0.25) is 14.6 Å². The van der Waals surface area contributed by atoms with Gasteiger partial charge in [-0.2, -0.15) is 5.10 Å². The van der Waals surface area contributed by atoms with Crippen molar-refractivity contribution in [2.75, 3.05) is 18.0 Å². The molecule has 1 N–H and O–H groups in total. The first kappa shape index (κ1) is 19.8. The second-order valence-corrected chi connectivity index (χ2v) is 7.54. The number of carbonyl (C=O) groups is 1. The van der Waals surface area contributed by atoms with E-state index in [1.165, 1.54) is 4.68 Å². The lowest BCUT2D eigenvalue weighted by Crippen LogP contribution is -2.41. The van der Waals surface area contributed by atoms with Crippen LogP contribution in [0, 0.1) is 5.92 Å². The standard InChI is InChI=1S/C23H25N5O2/c29-22-13-21(16-26-28(22)17-18-5-2-1-3-6-18)27-11-8-20(9-12-27)23(30)25-15-19-7-4-10-24-14-19/h1-7,10,13-14,16,20H,8-9,11-12,15,17H2,(H,25,30). The van der Waals surface area contributed by atoms with Gasteiger partial charge in [0.2, 0.25) is 5.91 Å². The van der Waals surface area contributed by atoms with Crippen LogP contribution in [0.2, 0.25) is 0 Å². The molecular formula is C23H25N5O2. The molecule has 1 fully saturated rings. The maximum absolute atomic E-state index is 12.5. The van der Waals surface area contributed by atoms with Crippen molar-refractivity contribution >= 4 is 11.6 Å². The van der Waals surface area contributed by atoms with Gasteiger partial charge in [-0.25, -0.2) is 4.68 Å². The topological polar surface area (TPSA) is 80.1 Å². The van der Waals surface area contributed by atoms with Gasteiger partial charge < -0.3 is 10.2 Å². The van der Waals surface area contributed by atoms with E-state index in [9.17, 15) is 9.59 Å². The third kappa shape index (κ3) is 4.92. The van der Waals surface area contributed by atoms with E-state index in [1.807, 2.05) is 42.5 Å². The number of benzene rings is 1. The number of piperidine rings is 1. The number of hydrogen-bond acceptors (Lipinski definition) is 5. The molecule has 2 aromatic heterocycles. The van der Waals surface area contributed by atoms with E-state index in [1.54, 1.807) is 24.7 Å². The molecule has 1 amide bonds. The SMILES string of the molecule is O=C(NCc1cccnc1)C1CCN(c2cnn(Cc3ccccc3)c(=O)c2)CC1. The fourth-order valence-electron chi connectivity index (χ4n) is 3.71. The Labute approximate surface area is 175 Å². The summed E-state index contributed by atoms with van der Waals surface area (Å²) in [5.41, 5.74) is 2.73. The second kappa shape index (κ2) is 9.35. The monoisotopic (exact) mass is 403 g/mol. The van der Waals surface area contributed by atoms with Crippen LogP contribution in [0.25, 0.3) is 0 Å². The molecule has 7 heteroatoms. The highest BCUT2D eigenvalue weighted by Gasteiger charge is 2.25. The molecule has 1 saturated heterocycles. The minimum Gasteiger partial charge on any atom is -0.370 e. The van der Waals surface area contributed by atoms with Crippen molar-refractivity contribution in [3.8, 4) is 0 Å². The highest BCUT2D eigenvalue weighted by atomic mass is 16.2. The molecule has 1 aromatic carbocycles. The molecule has 7 nitrogen and oxygen atoms in total. The number of aromatic nitrogens is 3. The molecule has 4 rings (SSSR count). The van der Waals surface area contributed by atoms with Crippen LogP contribution < -0.4 is 15.8 Å². The van der Waals surface area contributed by atoms with Crippen molar-refractivity contribution in [1.29, 1.82) is 0 Å². The van der Waals surface area contributed by atoms with Crippen molar-refractivity contribution in [2.24, 2.45) is 5.92 Å². The Morgan fingerprint density at radius 3 is 2.50 bits per heavy atom. The van der Waals surface area contributed by atoms with Crippen LogP contribution in [-0.2, 0) is 17.9 Å². The van der Waals surface area contributed by atoms with Crippen molar-refractivity contribution < 1.29 is 4.79 Å². The van der Waals surface area contributed by atoms with Gasteiger partial charge in [-0.15, -0.1) is 0 Å². The molecule has 0 spiro atoms. The molecule has 0 atom stereocenters. The van der Waals surface area contributed by atoms with Crippen molar-refractivity contribution in [3.63, 3.8) is 0 Å². The molecule has 1 aliphatic rings. The summed E-state index contributed by atoms with van der Waals surface area (Å²) in [4.78, 5) is 31.2. The largest absolute Gasteiger partial charge is 0.370 e. The summed E-state index contributed by atoms with van der Waals surface area (Å²) in [6.45, 7) is 2.42. The number of anilines is 1. The van der Waals surface area contributed by atoms with E-state index in [4.69, 9.17) is 0 Å². The zero-order valence-corrected chi connectivity index (χ0v) is 16.8. The number of nitrogens with one attached hydrogen (secondary N) is 1. The predicted octanol–water partition coefficient (Wildman–Crippen LogP) is 2.22. The average molecular weight is 403 g/mol. The Balaban J connectivity index is 1.31. The first-order valence-corrected chi connectivity index (χ1v) is 10.2. The van der Waals surface area contributed by atoms with Gasteiger partial charge in [0, 0.05) is 44.0 Å². The molecule has 0 aliphatic carbocycles. The maximum atomic E-state index is 12.5. The maximum Gasteiger partial charge on any atom is 0.269 e. The van der Waals surface area contributed by atoms with Crippen LogP contribution in [0.1, 0.15) is 24.0 Å². The Bertz CT molecular complexity index is 1030. The molecule has 30 heavy (non-hydrogen) atoms. The molecule has 0 unspecified atom stereocenters. The van der Waals surface area contributed by atoms with E-state index in [0.717, 1.165) is 42.7 Å². The van der Waals surface area contributed by atoms with Crippen LogP contribution >= 0.6 is 0 Å². The zero-order chi connectivity index (χ0) is 20.8. The molecule has 154 valence electrons. The lowest BCUT2D eigenvalue weighted by atomic mass is 9.95. The lowest BCUT2D eigenvalue weighted by Gasteiger charge is -2.32. The van der Waals surface area contributed by atoms with E-state index in [-0.39, 0.29) is 17.4 Å². The Hall–Kier alpha value is -3.48. The van der Waals surface area contributed by atoms with Gasteiger partial charge in [0.15, 0.2) is 0 Å². The minimum atomic E-state index is -0.118. The van der Waals surface area contributed by atoms with Crippen LogP contribution in [-0.4, -0.2) is 33.8 Å². The third-order valence-corrected chi connectivity index (χ3v) is 5.45. The summed E-state index contributed by atoms with van der Waals surface area (Å²) in [6.07, 6.45) is 6.73. The lowest BCUT2D eigenvalue weighted by molar-refractivity contribution is -0.125. The summed E-state index contributed by atoms with van der Waals surface area (Å²) in [6, 6.07) is 15.3. The predicted molar refractivity (Wildman–Crippen MR) is 115 cm³/mol. The normalized spacial score (nSPS) is 14.5. The van der Waals surface area contributed by atoms with E-state index >= 15 is 0 Å². The summed E-state index contributed by atoms with van der Waals surface area (Å²) < 4.78 is 1.47. The molecular weight excluding hydrogens is 378 g/mol. The first-order valence-electron chi connectivity index (χ1n) is 10.2. The Morgan fingerprint density at radius 2 is 1.80 bits per heavy atom. The van der Waals surface area contributed by atoms with Crippen molar-refractivity contribution in [2.45, 2.75) is 25.9 Å². The first-order chi connectivity index (χ1) is 14.7. The quantitative estimate of drug-likeness (QED) is 0.683. The number of carbonyl (C=O) groups excluding carboxylic acids is 1. The number of nitrogens with zero attached hydrogens (tertiary/aromatic N) is 4. The number of rotatable bonds is 6. The van der Waals surface area contributed by atoms with Crippen molar-refractivity contribution in [1.82, 2.24) is 20.1 Å². The van der Waals surface area contributed by atoms with Gasteiger partial charge in [0.25, 0.3) is 5.56 Å². The number of pyridine rings is 1. The summed E-state index contributed by atoms with van der Waals surface area (Å²) in [7, 11) is 0. The van der Waals surface area contributed by atoms with E-state index < -0.39 is 0 Å². The molecule has 3 aromatic rings. The Kier molecular flexibility index (Phi) is 6.17. The summed E-state index contributed by atoms with van der Waals surface area (Å²) >= 11 is 0. The van der Waals surface area contributed by atoms with Crippen LogP contribution in [0.15, 0.2) is 71.9 Å². The molecule has 1 aliphatic heterocycles. The van der Waals surface area contributed by atoms with Gasteiger partial charge in [0.1, 0.15) is 0 Å². The van der Waals surface area contributed by atoms with Gasteiger partial charge in [-0.1, -0.05) is 36.4 Å².